The molecule has 3 N–H and O–H groups in total. The SMILES string of the molecule is O=Cc1ccc(C(=O)Nc2cccc(-c3cccc(NC(=O)c4nc5c(s4)CN(C(=O)O)CC5)c3F)c2Cl)nc1. The van der Waals surface area contributed by atoms with E-state index < -0.39 is 23.7 Å². The highest BCUT2D eigenvalue weighted by molar-refractivity contribution is 7.13. The van der Waals surface area contributed by atoms with Crippen molar-refractivity contribution in [3.05, 3.63) is 92.4 Å². The smallest absolute Gasteiger partial charge is 0.407 e. The van der Waals surface area contributed by atoms with E-state index in [4.69, 9.17) is 11.6 Å². The second-order valence-corrected chi connectivity index (χ2v) is 10.1. The summed E-state index contributed by atoms with van der Waals surface area (Å²) >= 11 is 7.62. The third kappa shape index (κ3) is 5.40. The van der Waals surface area contributed by atoms with Crippen molar-refractivity contribution in [2.75, 3.05) is 17.2 Å². The molecular formula is C27H19ClFN5O5S. The van der Waals surface area contributed by atoms with Gasteiger partial charge in [-0.1, -0.05) is 35.9 Å². The molecule has 0 unspecified atom stereocenters. The summed E-state index contributed by atoms with van der Waals surface area (Å²) in [6, 6.07) is 12.0. The number of hydrogen-bond donors (Lipinski definition) is 3. The van der Waals surface area contributed by atoms with E-state index in [0.29, 0.717) is 28.8 Å². The summed E-state index contributed by atoms with van der Waals surface area (Å²) in [4.78, 5) is 57.8. The number of carbonyl (C=O) groups excluding carboxylic acids is 3. The zero-order valence-corrected chi connectivity index (χ0v) is 22.1. The van der Waals surface area contributed by atoms with E-state index in [9.17, 15) is 24.3 Å². The molecule has 0 saturated heterocycles. The van der Waals surface area contributed by atoms with Crippen LogP contribution in [0.5, 0.6) is 0 Å². The molecule has 1 aliphatic heterocycles. The number of amides is 3. The molecule has 0 spiro atoms. The number of rotatable bonds is 6. The molecule has 2 aromatic heterocycles. The van der Waals surface area contributed by atoms with E-state index in [2.05, 4.69) is 20.6 Å². The first-order chi connectivity index (χ1) is 19.2. The molecule has 40 heavy (non-hydrogen) atoms. The Morgan fingerprint density at radius 3 is 2.45 bits per heavy atom. The Balaban J connectivity index is 1.36. The van der Waals surface area contributed by atoms with Gasteiger partial charge in [0.05, 0.1) is 28.6 Å². The standard InChI is InChI=1S/C27H19ClFN5O5S/c28-22-15(3-1-5-18(22)31-24(36)20-8-7-14(13-35)11-30-20)16-4-2-6-19(23(16)29)32-25(37)26-33-17-9-10-34(27(38)39)12-21(17)40-26/h1-8,11,13H,9-10,12H2,(H,31,36)(H,32,37)(H,38,39). The van der Waals surface area contributed by atoms with Crippen LogP contribution in [0, 0.1) is 5.82 Å². The highest BCUT2D eigenvalue weighted by Crippen LogP contribution is 2.37. The van der Waals surface area contributed by atoms with Crippen LogP contribution < -0.4 is 10.6 Å². The van der Waals surface area contributed by atoms with Crippen LogP contribution in [-0.2, 0) is 13.0 Å². The normalized spacial score (nSPS) is 12.4. The Labute approximate surface area is 235 Å². The summed E-state index contributed by atoms with van der Waals surface area (Å²) in [6.07, 6.45) is 1.22. The van der Waals surface area contributed by atoms with Gasteiger partial charge in [-0.2, -0.15) is 0 Å². The second-order valence-electron chi connectivity index (χ2n) is 8.68. The number of nitrogens with one attached hydrogen (secondary N) is 2. The van der Waals surface area contributed by atoms with Gasteiger partial charge in [0.1, 0.15) is 5.69 Å². The largest absolute Gasteiger partial charge is 0.465 e. The molecule has 3 heterocycles. The van der Waals surface area contributed by atoms with Gasteiger partial charge in [0.15, 0.2) is 17.1 Å². The van der Waals surface area contributed by atoms with Gasteiger partial charge in [-0.05, 0) is 24.3 Å². The molecule has 5 rings (SSSR count). The lowest BCUT2D eigenvalue weighted by molar-refractivity contribution is 0.101. The number of benzene rings is 2. The first-order valence-electron chi connectivity index (χ1n) is 11.8. The number of pyridine rings is 1. The van der Waals surface area contributed by atoms with Crippen LogP contribution in [0.3, 0.4) is 0 Å². The third-order valence-electron chi connectivity index (χ3n) is 6.14. The molecule has 1 aliphatic rings. The minimum Gasteiger partial charge on any atom is -0.465 e. The topological polar surface area (TPSA) is 142 Å². The van der Waals surface area contributed by atoms with Crippen molar-refractivity contribution in [1.29, 1.82) is 0 Å². The fourth-order valence-electron chi connectivity index (χ4n) is 4.10. The van der Waals surface area contributed by atoms with Crippen LogP contribution >= 0.6 is 22.9 Å². The second kappa shape index (κ2) is 11.2. The van der Waals surface area contributed by atoms with E-state index in [1.165, 1.54) is 35.4 Å². The van der Waals surface area contributed by atoms with Gasteiger partial charge in [-0.3, -0.25) is 19.4 Å². The number of nitrogens with zero attached hydrogens (tertiary/aromatic N) is 3. The summed E-state index contributed by atoms with van der Waals surface area (Å²) in [5, 5.41) is 14.6. The van der Waals surface area contributed by atoms with E-state index >= 15 is 4.39 Å². The van der Waals surface area contributed by atoms with Crippen molar-refractivity contribution < 1.29 is 28.7 Å². The van der Waals surface area contributed by atoms with E-state index in [1.54, 1.807) is 24.3 Å². The summed E-state index contributed by atoms with van der Waals surface area (Å²) in [7, 11) is 0. The summed E-state index contributed by atoms with van der Waals surface area (Å²) in [6.45, 7) is 0.429. The number of halogens is 2. The molecule has 0 aliphatic carbocycles. The quantitative estimate of drug-likeness (QED) is 0.261. The molecule has 4 aromatic rings. The van der Waals surface area contributed by atoms with E-state index in [0.717, 1.165) is 11.3 Å². The Morgan fingerprint density at radius 1 is 1.02 bits per heavy atom. The average Bonchev–Trinajstić information content (AvgIpc) is 3.39. The van der Waals surface area contributed by atoms with Crippen molar-refractivity contribution in [3.8, 4) is 11.1 Å². The predicted octanol–water partition coefficient (Wildman–Crippen LogP) is 5.35. The van der Waals surface area contributed by atoms with Gasteiger partial charge in [-0.25, -0.2) is 14.2 Å². The molecule has 0 radical (unpaired) electrons. The van der Waals surface area contributed by atoms with Crippen molar-refractivity contribution in [2.24, 2.45) is 0 Å². The lowest BCUT2D eigenvalue weighted by Gasteiger charge is -2.22. The van der Waals surface area contributed by atoms with Crippen LogP contribution in [0.2, 0.25) is 5.02 Å². The van der Waals surface area contributed by atoms with Crippen LogP contribution in [-0.4, -0.2) is 50.7 Å². The van der Waals surface area contributed by atoms with Crippen molar-refractivity contribution in [1.82, 2.24) is 14.9 Å². The predicted molar refractivity (Wildman–Crippen MR) is 147 cm³/mol. The summed E-state index contributed by atoms with van der Waals surface area (Å²) in [5.41, 5.74) is 1.50. The maximum atomic E-state index is 15.6. The molecule has 0 bridgehead atoms. The number of thiazole rings is 1. The fourth-order valence-corrected chi connectivity index (χ4v) is 5.39. The van der Waals surface area contributed by atoms with Gasteiger partial charge >= 0.3 is 6.09 Å². The number of fused-ring (bicyclic) bond motifs is 1. The maximum Gasteiger partial charge on any atom is 0.407 e. The van der Waals surface area contributed by atoms with Gasteiger partial charge in [0.2, 0.25) is 0 Å². The van der Waals surface area contributed by atoms with Crippen LogP contribution in [0.15, 0.2) is 54.7 Å². The first-order valence-corrected chi connectivity index (χ1v) is 13.0. The fraction of sp³-hybridized carbons (Fsp3) is 0.111. The molecule has 0 atom stereocenters. The van der Waals surface area contributed by atoms with Gasteiger partial charge in [0, 0.05) is 40.7 Å². The Bertz CT molecular complexity index is 1660. The van der Waals surface area contributed by atoms with Gasteiger partial charge in [-0.15, -0.1) is 11.3 Å². The molecule has 2 aromatic carbocycles. The monoisotopic (exact) mass is 579 g/mol. The number of carbonyl (C=O) groups is 4. The number of aldehydes is 1. The minimum atomic E-state index is -1.05. The minimum absolute atomic E-state index is 0.0579. The summed E-state index contributed by atoms with van der Waals surface area (Å²) in [5.74, 6) is -1.95. The van der Waals surface area contributed by atoms with E-state index in [1.807, 2.05) is 0 Å². The lowest BCUT2D eigenvalue weighted by Crippen LogP contribution is -2.34. The van der Waals surface area contributed by atoms with Crippen molar-refractivity contribution >= 4 is 58.5 Å². The van der Waals surface area contributed by atoms with Crippen LogP contribution in [0.25, 0.3) is 11.1 Å². The van der Waals surface area contributed by atoms with Crippen molar-refractivity contribution in [3.63, 3.8) is 0 Å². The number of hydrogen-bond acceptors (Lipinski definition) is 7. The molecule has 10 nitrogen and oxygen atoms in total. The average molecular weight is 580 g/mol. The Kier molecular flexibility index (Phi) is 7.54. The zero-order chi connectivity index (χ0) is 28.4. The first kappa shape index (κ1) is 26.9. The highest BCUT2D eigenvalue weighted by atomic mass is 35.5. The maximum absolute atomic E-state index is 15.6. The molecule has 202 valence electrons. The number of anilines is 2. The summed E-state index contributed by atoms with van der Waals surface area (Å²) < 4.78 is 15.6. The van der Waals surface area contributed by atoms with Gasteiger partial charge < -0.3 is 20.6 Å². The highest BCUT2D eigenvalue weighted by Gasteiger charge is 2.26. The number of carboxylic acid groups (broad SMARTS) is 1. The third-order valence-corrected chi connectivity index (χ3v) is 7.62. The lowest BCUT2D eigenvalue weighted by atomic mass is 10.0. The van der Waals surface area contributed by atoms with Gasteiger partial charge in [0.25, 0.3) is 11.8 Å². The molecule has 0 fully saturated rings. The van der Waals surface area contributed by atoms with E-state index in [-0.39, 0.29) is 51.3 Å². The van der Waals surface area contributed by atoms with Crippen molar-refractivity contribution in [2.45, 2.75) is 13.0 Å². The zero-order valence-electron chi connectivity index (χ0n) is 20.5. The molecule has 13 heteroatoms. The molecular weight excluding hydrogens is 561 g/mol. The molecule has 0 saturated carbocycles. The van der Waals surface area contributed by atoms with Crippen LogP contribution in [0.1, 0.15) is 41.2 Å². The Hall–Kier alpha value is -4.68. The molecule has 3 amide bonds. The number of aromatic nitrogens is 2. The Morgan fingerprint density at radius 2 is 1.75 bits per heavy atom. The van der Waals surface area contributed by atoms with Crippen LogP contribution in [0.4, 0.5) is 20.6 Å².